The first kappa shape index (κ1) is 10.9. The van der Waals surface area contributed by atoms with Gasteiger partial charge in [-0.05, 0) is 35.7 Å². The maximum absolute atomic E-state index is 13.2. The lowest BCUT2D eigenvalue weighted by Gasteiger charge is -2.14. The maximum Gasteiger partial charge on any atom is 0.126 e. The van der Waals surface area contributed by atoms with Crippen LogP contribution in [0.4, 0.5) is 4.39 Å². The fourth-order valence-corrected chi connectivity index (χ4v) is 1.90. The first-order valence-electron chi connectivity index (χ1n) is 5.31. The van der Waals surface area contributed by atoms with E-state index in [9.17, 15) is 4.39 Å². The zero-order valence-corrected chi connectivity index (χ0v) is 9.20. The van der Waals surface area contributed by atoms with Crippen LogP contribution in [0.25, 0.3) is 0 Å². The van der Waals surface area contributed by atoms with Crippen LogP contribution in [0.3, 0.4) is 0 Å². The molecule has 1 atom stereocenters. The number of aryl methyl sites for hydroxylation is 1. The van der Waals surface area contributed by atoms with Crippen molar-refractivity contribution in [3.8, 4) is 0 Å². The Hall–Kier alpha value is -1.61. The van der Waals surface area contributed by atoms with E-state index in [-0.39, 0.29) is 11.7 Å². The van der Waals surface area contributed by atoms with Gasteiger partial charge in [0.2, 0.25) is 0 Å². The van der Waals surface area contributed by atoms with Crippen LogP contribution in [-0.2, 0) is 0 Å². The molecule has 0 aliphatic rings. The normalized spacial score (nSPS) is 12.7. The van der Waals surface area contributed by atoms with Crippen molar-refractivity contribution in [2.24, 2.45) is 5.73 Å². The summed E-state index contributed by atoms with van der Waals surface area (Å²) in [5.74, 6) is -0.0425. The van der Waals surface area contributed by atoms with Crippen LogP contribution in [-0.4, -0.2) is 11.5 Å². The summed E-state index contributed by atoms with van der Waals surface area (Å²) in [5, 5.41) is 0. The third-order valence-electron chi connectivity index (χ3n) is 2.84. The van der Waals surface area contributed by atoms with Crippen molar-refractivity contribution in [2.45, 2.75) is 12.8 Å². The zero-order chi connectivity index (χ0) is 11.5. The fraction of sp³-hybridized carbons (Fsp3) is 0.231. The molecule has 0 spiro atoms. The molecule has 1 aromatic heterocycles. The predicted octanol–water partition coefficient (Wildman–Crippen LogP) is 2.55. The molecule has 84 valence electrons. The fourth-order valence-electron chi connectivity index (χ4n) is 1.90. The number of rotatable bonds is 3. The number of hydrogen-bond donors (Lipinski definition) is 2. The van der Waals surface area contributed by atoms with E-state index < -0.39 is 0 Å². The SMILES string of the molecule is Cc1cc(C(CN)c2cc[nH]c2)ccc1F. The Morgan fingerprint density at radius 1 is 1.31 bits per heavy atom. The number of nitrogens with two attached hydrogens (primary N) is 1. The number of aromatic nitrogens is 1. The van der Waals surface area contributed by atoms with Crippen LogP contribution in [0, 0.1) is 12.7 Å². The van der Waals surface area contributed by atoms with Crippen LogP contribution >= 0.6 is 0 Å². The Kier molecular flexibility index (Phi) is 3.06. The Bertz CT molecular complexity index is 463. The van der Waals surface area contributed by atoms with Crippen molar-refractivity contribution in [1.82, 2.24) is 4.98 Å². The summed E-state index contributed by atoms with van der Waals surface area (Å²) in [7, 11) is 0. The van der Waals surface area contributed by atoms with Gasteiger partial charge in [-0.1, -0.05) is 12.1 Å². The van der Waals surface area contributed by atoms with Gasteiger partial charge in [0.15, 0.2) is 0 Å². The molecule has 3 heteroatoms. The Morgan fingerprint density at radius 2 is 2.12 bits per heavy atom. The van der Waals surface area contributed by atoms with Gasteiger partial charge in [0, 0.05) is 24.9 Å². The van der Waals surface area contributed by atoms with Gasteiger partial charge in [-0.25, -0.2) is 4.39 Å². The number of benzene rings is 1. The largest absolute Gasteiger partial charge is 0.367 e. The Labute approximate surface area is 94.3 Å². The number of hydrogen-bond acceptors (Lipinski definition) is 1. The Morgan fingerprint density at radius 3 is 2.69 bits per heavy atom. The summed E-state index contributed by atoms with van der Waals surface area (Å²) in [5.41, 5.74) is 8.62. The first-order valence-corrected chi connectivity index (χ1v) is 5.31. The summed E-state index contributed by atoms with van der Waals surface area (Å²) in [6.45, 7) is 2.28. The molecular weight excluding hydrogens is 203 g/mol. The van der Waals surface area contributed by atoms with Gasteiger partial charge in [0.1, 0.15) is 5.82 Å². The number of aromatic amines is 1. The third kappa shape index (κ3) is 1.99. The van der Waals surface area contributed by atoms with E-state index in [0.29, 0.717) is 12.1 Å². The summed E-state index contributed by atoms with van der Waals surface area (Å²) in [6, 6.07) is 7.16. The minimum atomic E-state index is -0.173. The topological polar surface area (TPSA) is 41.8 Å². The molecule has 2 aromatic rings. The van der Waals surface area contributed by atoms with Gasteiger partial charge in [0.05, 0.1) is 0 Å². The molecule has 16 heavy (non-hydrogen) atoms. The molecule has 2 nitrogen and oxygen atoms in total. The summed E-state index contributed by atoms with van der Waals surface area (Å²) >= 11 is 0. The molecule has 1 heterocycles. The quantitative estimate of drug-likeness (QED) is 0.816. The van der Waals surface area contributed by atoms with E-state index >= 15 is 0 Å². The molecule has 2 rings (SSSR count). The minimum absolute atomic E-state index is 0.130. The van der Waals surface area contributed by atoms with Crippen LogP contribution in [0.15, 0.2) is 36.7 Å². The second kappa shape index (κ2) is 4.49. The van der Waals surface area contributed by atoms with E-state index in [1.54, 1.807) is 13.0 Å². The molecule has 0 fully saturated rings. The summed E-state index contributed by atoms with van der Waals surface area (Å²) < 4.78 is 13.2. The third-order valence-corrected chi connectivity index (χ3v) is 2.84. The number of H-pyrrole nitrogens is 1. The summed E-state index contributed by atoms with van der Waals surface area (Å²) in [4.78, 5) is 3.01. The highest BCUT2D eigenvalue weighted by Gasteiger charge is 2.13. The van der Waals surface area contributed by atoms with Crippen molar-refractivity contribution in [2.75, 3.05) is 6.54 Å². The average Bonchev–Trinajstić information content (AvgIpc) is 2.78. The second-order valence-electron chi connectivity index (χ2n) is 3.94. The monoisotopic (exact) mass is 218 g/mol. The highest BCUT2D eigenvalue weighted by molar-refractivity contribution is 5.34. The van der Waals surface area contributed by atoms with Crippen molar-refractivity contribution >= 4 is 0 Å². The number of nitrogens with one attached hydrogen (secondary N) is 1. The first-order chi connectivity index (χ1) is 7.72. The van der Waals surface area contributed by atoms with Crippen molar-refractivity contribution in [3.63, 3.8) is 0 Å². The van der Waals surface area contributed by atoms with E-state index in [2.05, 4.69) is 4.98 Å². The zero-order valence-electron chi connectivity index (χ0n) is 9.20. The molecule has 1 aromatic carbocycles. The smallest absolute Gasteiger partial charge is 0.126 e. The van der Waals surface area contributed by atoms with Crippen LogP contribution in [0.1, 0.15) is 22.6 Å². The predicted molar refractivity (Wildman–Crippen MR) is 62.8 cm³/mol. The van der Waals surface area contributed by atoms with Gasteiger partial charge < -0.3 is 10.7 Å². The van der Waals surface area contributed by atoms with E-state index in [4.69, 9.17) is 5.73 Å². The lowest BCUT2D eigenvalue weighted by atomic mass is 9.92. The molecule has 0 bridgehead atoms. The van der Waals surface area contributed by atoms with Gasteiger partial charge in [0.25, 0.3) is 0 Å². The van der Waals surface area contributed by atoms with Crippen molar-refractivity contribution in [3.05, 3.63) is 59.2 Å². The molecule has 0 amide bonds. The standard InChI is InChI=1S/C13H15FN2/c1-9-6-10(2-3-13(9)14)12(7-15)11-4-5-16-8-11/h2-6,8,12,16H,7,15H2,1H3. The van der Waals surface area contributed by atoms with Crippen LogP contribution in [0.5, 0.6) is 0 Å². The minimum Gasteiger partial charge on any atom is -0.367 e. The maximum atomic E-state index is 13.2. The molecule has 0 aliphatic heterocycles. The van der Waals surface area contributed by atoms with Gasteiger partial charge in [-0.15, -0.1) is 0 Å². The average molecular weight is 218 g/mol. The lowest BCUT2D eigenvalue weighted by Crippen LogP contribution is -2.13. The lowest BCUT2D eigenvalue weighted by molar-refractivity contribution is 0.616. The number of halogens is 1. The van der Waals surface area contributed by atoms with E-state index in [1.165, 1.54) is 6.07 Å². The molecule has 1 unspecified atom stereocenters. The van der Waals surface area contributed by atoms with E-state index in [1.807, 2.05) is 24.5 Å². The molecule has 0 aliphatic carbocycles. The summed E-state index contributed by atoms with van der Waals surface area (Å²) in [6.07, 6.45) is 3.80. The van der Waals surface area contributed by atoms with Crippen molar-refractivity contribution < 1.29 is 4.39 Å². The van der Waals surface area contributed by atoms with Crippen LogP contribution in [0.2, 0.25) is 0 Å². The molecule has 3 N–H and O–H groups in total. The second-order valence-corrected chi connectivity index (χ2v) is 3.94. The highest BCUT2D eigenvalue weighted by Crippen LogP contribution is 2.24. The van der Waals surface area contributed by atoms with Gasteiger partial charge in [-0.2, -0.15) is 0 Å². The van der Waals surface area contributed by atoms with Crippen LogP contribution < -0.4 is 5.73 Å². The molecule has 0 saturated carbocycles. The van der Waals surface area contributed by atoms with E-state index in [0.717, 1.165) is 11.1 Å². The van der Waals surface area contributed by atoms with Gasteiger partial charge in [-0.3, -0.25) is 0 Å². The molecule has 0 radical (unpaired) electrons. The highest BCUT2D eigenvalue weighted by atomic mass is 19.1. The van der Waals surface area contributed by atoms with Crippen molar-refractivity contribution in [1.29, 1.82) is 0 Å². The Balaban J connectivity index is 2.37. The van der Waals surface area contributed by atoms with Gasteiger partial charge >= 0.3 is 0 Å². The molecule has 0 saturated heterocycles. The molecular formula is C13H15FN2.